The molecule has 0 aromatic rings. The predicted molar refractivity (Wildman–Crippen MR) is 88.6 cm³/mol. The van der Waals surface area contributed by atoms with Crippen LogP contribution in [-0.4, -0.2) is 81.0 Å². The molecule has 1 aliphatic heterocycles. The Labute approximate surface area is 129 Å². The van der Waals surface area contributed by atoms with Crippen LogP contribution in [0.4, 0.5) is 0 Å². The van der Waals surface area contributed by atoms with E-state index in [1.165, 1.54) is 0 Å². The van der Waals surface area contributed by atoms with Gasteiger partial charge in [0.25, 0.3) is 0 Å². The van der Waals surface area contributed by atoms with Crippen molar-refractivity contribution in [2.24, 2.45) is 4.99 Å². The summed E-state index contributed by atoms with van der Waals surface area (Å²) in [5.41, 5.74) is 0. The van der Waals surface area contributed by atoms with Gasteiger partial charge in [0.05, 0.1) is 10.5 Å². The van der Waals surface area contributed by atoms with Crippen LogP contribution < -0.4 is 5.32 Å². The summed E-state index contributed by atoms with van der Waals surface area (Å²) in [4.78, 5) is 8.58. The monoisotopic (exact) mass is 318 g/mol. The Morgan fingerprint density at radius 1 is 1.43 bits per heavy atom. The molecule has 7 heteroatoms. The highest BCUT2D eigenvalue weighted by molar-refractivity contribution is 7.92. The van der Waals surface area contributed by atoms with E-state index in [0.717, 1.165) is 19.0 Å². The summed E-state index contributed by atoms with van der Waals surface area (Å²) in [6.07, 6.45) is 0. The van der Waals surface area contributed by atoms with Gasteiger partial charge >= 0.3 is 0 Å². The molecule has 1 heterocycles. The molecular formula is C14H30N4O2S. The first-order valence-corrected chi connectivity index (χ1v) is 9.14. The smallest absolute Gasteiger partial charge is 0.193 e. The van der Waals surface area contributed by atoms with Crippen LogP contribution >= 0.6 is 0 Å². The van der Waals surface area contributed by atoms with Crippen molar-refractivity contribution in [2.45, 2.75) is 38.5 Å². The lowest BCUT2D eigenvalue weighted by molar-refractivity contribution is 0.275. The predicted octanol–water partition coefficient (Wildman–Crippen LogP) is 0.411. The molecule has 6 nitrogen and oxygen atoms in total. The van der Waals surface area contributed by atoms with Gasteiger partial charge in [-0.2, -0.15) is 0 Å². The lowest BCUT2D eigenvalue weighted by atomic mass is 10.2. The van der Waals surface area contributed by atoms with Gasteiger partial charge in [0.15, 0.2) is 15.8 Å². The average molecular weight is 318 g/mol. The molecule has 0 aromatic carbocycles. The van der Waals surface area contributed by atoms with E-state index in [-0.39, 0.29) is 5.75 Å². The van der Waals surface area contributed by atoms with E-state index in [1.54, 1.807) is 20.9 Å². The van der Waals surface area contributed by atoms with E-state index >= 15 is 0 Å². The van der Waals surface area contributed by atoms with Crippen molar-refractivity contribution in [3.63, 3.8) is 0 Å². The number of rotatable bonds is 4. The molecule has 1 N–H and O–H groups in total. The molecule has 0 amide bonds. The summed E-state index contributed by atoms with van der Waals surface area (Å²) in [6, 6.07) is 0.507. The molecule has 124 valence electrons. The van der Waals surface area contributed by atoms with E-state index in [0.29, 0.717) is 19.1 Å². The van der Waals surface area contributed by atoms with Gasteiger partial charge in [0.2, 0.25) is 0 Å². The number of aliphatic imine (C=N–C) groups is 1. The van der Waals surface area contributed by atoms with Crippen LogP contribution in [0.25, 0.3) is 0 Å². The number of nitrogens with zero attached hydrogens (tertiary/aromatic N) is 3. The van der Waals surface area contributed by atoms with Crippen molar-refractivity contribution in [2.75, 3.05) is 46.0 Å². The summed E-state index contributed by atoms with van der Waals surface area (Å²) < 4.78 is 23.4. The topological polar surface area (TPSA) is 65.0 Å². The highest BCUT2D eigenvalue weighted by atomic mass is 32.2. The van der Waals surface area contributed by atoms with Gasteiger partial charge in [-0.3, -0.25) is 4.99 Å². The first-order valence-electron chi connectivity index (χ1n) is 7.49. The van der Waals surface area contributed by atoms with Crippen molar-refractivity contribution < 1.29 is 8.42 Å². The van der Waals surface area contributed by atoms with Crippen LogP contribution in [0, 0.1) is 0 Å². The van der Waals surface area contributed by atoms with Crippen molar-refractivity contribution in [1.82, 2.24) is 15.1 Å². The van der Waals surface area contributed by atoms with Crippen LogP contribution in [0.15, 0.2) is 4.99 Å². The zero-order valence-electron chi connectivity index (χ0n) is 14.2. The maximum absolute atomic E-state index is 12.0. The van der Waals surface area contributed by atoms with E-state index in [2.05, 4.69) is 36.1 Å². The highest BCUT2D eigenvalue weighted by Gasteiger charge is 2.40. The van der Waals surface area contributed by atoms with Gasteiger partial charge in [-0.15, -0.1) is 0 Å². The Morgan fingerprint density at radius 3 is 2.52 bits per heavy atom. The van der Waals surface area contributed by atoms with Gasteiger partial charge in [-0.25, -0.2) is 8.42 Å². The fourth-order valence-corrected chi connectivity index (χ4v) is 3.62. The van der Waals surface area contributed by atoms with Gasteiger partial charge in [-0.1, -0.05) is 0 Å². The van der Waals surface area contributed by atoms with Crippen molar-refractivity contribution in [3.05, 3.63) is 0 Å². The molecule has 1 fully saturated rings. The minimum atomic E-state index is -3.01. The van der Waals surface area contributed by atoms with E-state index < -0.39 is 14.6 Å². The van der Waals surface area contributed by atoms with Crippen LogP contribution in [0.5, 0.6) is 0 Å². The number of nitrogens with one attached hydrogen (secondary N) is 1. The normalized spacial score (nSPS) is 21.9. The third kappa shape index (κ3) is 4.57. The summed E-state index contributed by atoms with van der Waals surface area (Å²) >= 11 is 0. The maximum atomic E-state index is 12.0. The van der Waals surface area contributed by atoms with Crippen molar-refractivity contribution in [1.29, 1.82) is 0 Å². The number of hydrogen-bond donors (Lipinski definition) is 1. The molecule has 1 saturated heterocycles. The van der Waals surface area contributed by atoms with E-state index in [4.69, 9.17) is 0 Å². The summed E-state index contributed by atoms with van der Waals surface area (Å²) in [6.45, 7) is 10.6. The molecule has 0 radical (unpaired) electrons. The summed E-state index contributed by atoms with van der Waals surface area (Å²) in [7, 11) is 0.816. The van der Waals surface area contributed by atoms with E-state index in [1.807, 2.05) is 4.90 Å². The van der Waals surface area contributed by atoms with Crippen molar-refractivity contribution >= 4 is 15.8 Å². The summed E-state index contributed by atoms with van der Waals surface area (Å²) in [5.74, 6) is 0.974. The van der Waals surface area contributed by atoms with Crippen LogP contribution in [0.3, 0.4) is 0 Å². The van der Waals surface area contributed by atoms with Crippen LogP contribution in [0.2, 0.25) is 0 Å². The minimum Gasteiger partial charge on any atom is -0.355 e. The molecule has 0 atom stereocenters. The Morgan fingerprint density at radius 2 is 2.05 bits per heavy atom. The van der Waals surface area contributed by atoms with Gasteiger partial charge in [0, 0.05) is 39.3 Å². The second-order valence-electron chi connectivity index (χ2n) is 6.55. The Hall–Kier alpha value is -0.820. The third-order valence-corrected chi connectivity index (χ3v) is 6.72. The number of guanidine groups is 1. The number of likely N-dealkylation sites (N-methyl/N-ethyl adjacent to an activating group) is 1. The zero-order chi connectivity index (χ0) is 16.3. The molecule has 0 spiro atoms. The second kappa shape index (κ2) is 6.96. The summed E-state index contributed by atoms with van der Waals surface area (Å²) in [5, 5.41) is 3.33. The number of sulfone groups is 1. The molecule has 0 aromatic heterocycles. The molecular weight excluding hydrogens is 288 g/mol. The molecule has 0 aliphatic carbocycles. The zero-order valence-corrected chi connectivity index (χ0v) is 15.0. The average Bonchev–Trinajstić information content (AvgIpc) is 2.38. The fraction of sp³-hybridized carbons (Fsp3) is 0.929. The van der Waals surface area contributed by atoms with Crippen LogP contribution in [0.1, 0.15) is 27.7 Å². The van der Waals surface area contributed by atoms with Gasteiger partial charge in [0.1, 0.15) is 0 Å². The first-order chi connectivity index (χ1) is 9.60. The quantitative estimate of drug-likeness (QED) is 0.601. The Kier molecular flexibility index (Phi) is 6.04. The Bertz CT molecular complexity index is 471. The lowest BCUT2D eigenvalue weighted by Gasteiger charge is -2.39. The molecule has 0 unspecified atom stereocenters. The first kappa shape index (κ1) is 18.2. The molecule has 0 bridgehead atoms. The SMILES string of the molecule is CN=C(NCCN(C)C(C)C)N1CCS(=O)(=O)C(C)(C)C1. The molecule has 21 heavy (non-hydrogen) atoms. The highest BCUT2D eigenvalue weighted by Crippen LogP contribution is 2.23. The molecule has 1 aliphatic rings. The number of hydrogen-bond acceptors (Lipinski definition) is 4. The van der Waals surface area contributed by atoms with Gasteiger partial charge in [-0.05, 0) is 34.7 Å². The third-order valence-electron chi connectivity index (χ3n) is 4.18. The standard InChI is InChI=1S/C14H30N4O2S/c1-12(2)17(6)8-7-16-13(15-5)18-9-10-21(19,20)14(3,4)11-18/h12H,7-11H2,1-6H3,(H,15,16). The Balaban J connectivity index is 2.59. The molecule has 1 rings (SSSR count). The maximum Gasteiger partial charge on any atom is 0.193 e. The fourth-order valence-electron chi connectivity index (χ4n) is 2.26. The van der Waals surface area contributed by atoms with Gasteiger partial charge < -0.3 is 15.1 Å². The van der Waals surface area contributed by atoms with E-state index in [9.17, 15) is 8.42 Å². The largest absolute Gasteiger partial charge is 0.355 e. The minimum absolute atomic E-state index is 0.187. The molecule has 0 saturated carbocycles. The van der Waals surface area contributed by atoms with Crippen LogP contribution in [-0.2, 0) is 9.84 Å². The lowest BCUT2D eigenvalue weighted by Crippen LogP contribution is -2.57. The second-order valence-corrected chi connectivity index (χ2v) is 9.29. The van der Waals surface area contributed by atoms with Crippen molar-refractivity contribution in [3.8, 4) is 0 Å².